The number of methoxy groups -OCH3 is 1. The van der Waals surface area contributed by atoms with Gasteiger partial charge in [-0.1, -0.05) is 30.3 Å². The van der Waals surface area contributed by atoms with Gasteiger partial charge in [-0.25, -0.2) is 12.7 Å². The van der Waals surface area contributed by atoms with Crippen molar-refractivity contribution in [2.45, 2.75) is 17.7 Å². The van der Waals surface area contributed by atoms with Gasteiger partial charge in [0.15, 0.2) is 0 Å². The Labute approximate surface area is 157 Å². The fraction of sp³-hybridized carbons (Fsp3) is 0.263. The van der Waals surface area contributed by atoms with Crippen molar-refractivity contribution in [1.82, 2.24) is 4.31 Å². The highest BCUT2D eigenvalue weighted by Crippen LogP contribution is 2.29. The van der Waals surface area contributed by atoms with Crippen LogP contribution in [0.1, 0.15) is 22.3 Å². The minimum absolute atomic E-state index is 0.0162. The molecule has 0 bridgehead atoms. The summed E-state index contributed by atoms with van der Waals surface area (Å²) in [5.41, 5.74) is 1.02. The molecule has 7 nitrogen and oxygen atoms in total. The van der Waals surface area contributed by atoms with E-state index in [1.807, 2.05) is 24.3 Å². The van der Waals surface area contributed by atoms with Gasteiger partial charge in [0.25, 0.3) is 15.9 Å². The second-order valence-electron chi connectivity index (χ2n) is 5.91. The Morgan fingerprint density at radius 2 is 1.78 bits per heavy atom. The molecular formula is C19H19NO6S. The molecule has 0 atom stereocenters. The molecule has 0 aliphatic carbocycles. The first-order valence-corrected chi connectivity index (χ1v) is 9.83. The number of carbonyl (C=O) groups excluding carboxylic acids is 2. The number of rotatable bonds is 7. The van der Waals surface area contributed by atoms with Crippen LogP contribution in [0.5, 0.6) is 5.75 Å². The summed E-state index contributed by atoms with van der Waals surface area (Å²) in [6.07, 6.45) is 0.566. The monoisotopic (exact) mass is 389 g/mol. The van der Waals surface area contributed by atoms with E-state index < -0.39 is 21.9 Å². The van der Waals surface area contributed by atoms with Crippen molar-refractivity contribution in [2.75, 3.05) is 20.3 Å². The number of esters is 1. The van der Waals surface area contributed by atoms with Crippen LogP contribution in [-0.2, 0) is 26.0 Å². The van der Waals surface area contributed by atoms with Crippen LogP contribution in [0.15, 0.2) is 53.4 Å². The Bertz CT molecular complexity index is 970. The predicted molar refractivity (Wildman–Crippen MR) is 96.9 cm³/mol. The Morgan fingerprint density at radius 3 is 2.52 bits per heavy atom. The molecule has 0 fully saturated rings. The topological polar surface area (TPSA) is 90.0 Å². The van der Waals surface area contributed by atoms with E-state index in [1.54, 1.807) is 19.2 Å². The zero-order valence-electron chi connectivity index (χ0n) is 14.8. The summed E-state index contributed by atoms with van der Waals surface area (Å²) in [6.45, 7) is -0.403. The molecule has 1 aliphatic rings. The van der Waals surface area contributed by atoms with Crippen LogP contribution in [0, 0.1) is 0 Å². The van der Waals surface area contributed by atoms with Crippen molar-refractivity contribution in [3.8, 4) is 5.75 Å². The number of hydrogen-bond acceptors (Lipinski definition) is 6. The standard InChI is InChI=1S/C19H19NO6S/c1-25-16-8-4-2-6-14(16)10-11-18(21)26-13-12-20-19(22)15-7-3-5-9-17(15)27(20,23)24/h2-9H,10-13H2,1H3. The van der Waals surface area contributed by atoms with Gasteiger partial charge in [0.1, 0.15) is 17.3 Å². The number of sulfonamides is 1. The van der Waals surface area contributed by atoms with Crippen molar-refractivity contribution in [3.05, 3.63) is 59.7 Å². The average Bonchev–Trinajstić information content (AvgIpc) is 2.87. The fourth-order valence-electron chi connectivity index (χ4n) is 2.91. The van der Waals surface area contributed by atoms with Crippen molar-refractivity contribution in [3.63, 3.8) is 0 Å². The third-order valence-corrected chi connectivity index (χ3v) is 6.10. The molecule has 0 spiro atoms. The zero-order chi connectivity index (χ0) is 19.4. The predicted octanol–water partition coefficient (Wildman–Crippen LogP) is 2.02. The van der Waals surface area contributed by atoms with Crippen molar-refractivity contribution >= 4 is 21.9 Å². The SMILES string of the molecule is COc1ccccc1CCC(=O)OCCN1C(=O)c2ccccc2S1(=O)=O. The lowest BCUT2D eigenvalue weighted by molar-refractivity contribution is -0.143. The Morgan fingerprint density at radius 1 is 1.07 bits per heavy atom. The van der Waals surface area contributed by atoms with Crippen LogP contribution in [0.2, 0.25) is 0 Å². The molecule has 2 aromatic carbocycles. The largest absolute Gasteiger partial charge is 0.496 e. The molecule has 1 heterocycles. The summed E-state index contributed by atoms with van der Waals surface area (Å²) < 4.78 is 35.9. The molecule has 1 amide bonds. The number of hydrogen-bond donors (Lipinski definition) is 0. The quantitative estimate of drug-likeness (QED) is 0.673. The molecular weight excluding hydrogens is 370 g/mol. The van der Waals surface area contributed by atoms with Gasteiger partial charge < -0.3 is 9.47 Å². The number of ether oxygens (including phenoxy) is 2. The summed E-state index contributed by atoms with van der Waals surface area (Å²) in [6, 6.07) is 13.4. The van der Waals surface area contributed by atoms with E-state index in [2.05, 4.69) is 0 Å². The van der Waals surface area contributed by atoms with Gasteiger partial charge in [-0.2, -0.15) is 0 Å². The van der Waals surface area contributed by atoms with E-state index >= 15 is 0 Å². The highest BCUT2D eigenvalue weighted by Gasteiger charge is 2.40. The van der Waals surface area contributed by atoms with Crippen LogP contribution in [0.25, 0.3) is 0 Å². The maximum atomic E-state index is 12.4. The van der Waals surface area contributed by atoms with Crippen LogP contribution < -0.4 is 4.74 Å². The van der Waals surface area contributed by atoms with Crippen LogP contribution in [0.4, 0.5) is 0 Å². The van der Waals surface area contributed by atoms with E-state index in [-0.39, 0.29) is 30.0 Å². The maximum absolute atomic E-state index is 12.4. The fourth-order valence-corrected chi connectivity index (χ4v) is 4.47. The van der Waals surface area contributed by atoms with Gasteiger partial charge in [0, 0.05) is 6.42 Å². The highest BCUT2D eigenvalue weighted by atomic mass is 32.2. The van der Waals surface area contributed by atoms with Gasteiger partial charge in [-0.3, -0.25) is 9.59 Å². The smallest absolute Gasteiger partial charge is 0.306 e. The summed E-state index contributed by atoms with van der Waals surface area (Å²) in [5, 5.41) is 0. The normalized spacial score (nSPS) is 14.7. The van der Waals surface area contributed by atoms with Gasteiger partial charge in [0.05, 0.1) is 19.2 Å². The Hall–Kier alpha value is -2.87. The molecule has 0 N–H and O–H groups in total. The van der Waals surface area contributed by atoms with Gasteiger partial charge in [-0.05, 0) is 30.2 Å². The van der Waals surface area contributed by atoms with E-state index in [0.717, 1.165) is 9.87 Å². The van der Waals surface area contributed by atoms with E-state index in [1.165, 1.54) is 12.1 Å². The molecule has 0 unspecified atom stereocenters. The molecule has 0 saturated carbocycles. The minimum atomic E-state index is -3.88. The summed E-state index contributed by atoms with van der Waals surface area (Å²) in [7, 11) is -2.32. The first-order valence-electron chi connectivity index (χ1n) is 8.39. The first kappa shape index (κ1) is 18.9. The Kier molecular flexibility index (Phi) is 5.46. The molecule has 1 aliphatic heterocycles. The number of aryl methyl sites for hydroxylation is 1. The van der Waals surface area contributed by atoms with Crippen molar-refractivity contribution < 1.29 is 27.5 Å². The molecule has 8 heteroatoms. The van der Waals surface area contributed by atoms with Crippen LogP contribution in [0.3, 0.4) is 0 Å². The third kappa shape index (κ3) is 3.80. The lowest BCUT2D eigenvalue weighted by atomic mass is 10.1. The summed E-state index contributed by atoms with van der Waals surface area (Å²) in [4.78, 5) is 24.2. The average molecular weight is 389 g/mol. The number of carbonyl (C=O) groups is 2. The van der Waals surface area contributed by atoms with Crippen molar-refractivity contribution in [2.24, 2.45) is 0 Å². The number of benzene rings is 2. The first-order chi connectivity index (χ1) is 12.9. The summed E-state index contributed by atoms with van der Waals surface area (Å²) in [5.74, 6) is -0.380. The summed E-state index contributed by atoms with van der Waals surface area (Å²) >= 11 is 0. The molecule has 27 heavy (non-hydrogen) atoms. The molecule has 0 saturated heterocycles. The number of amides is 1. The van der Waals surface area contributed by atoms with E-state index in [4.69, 9.17) is 9.47 Å². The lowest BCUT2D eigenvalue weighted by Crippen LogP contribution is -2.33. The zero-order valence-corrected chi connectivity index (χ0v) is 15.6. The molecule has 0 aromatic heterocycles. The van der Waals surface area contributed by atoms with Gasteiger partial charge in [-0.15, -0.1) is 0 Å². The van der Waals surface area contributed by atoms with Gasteiger partial charge in [0.2, 0.25) is 0 Å². The number of para-hydroxylation sites is 1. The van der Waals surface area contributed by atoms with Gasteiger partial charge >= 0.3 is 5.97 Å². The minimum Gasteiger partial charge on any atom is -0.496 e. The molecule has 0 radical (unpaired) electrons. The molecule has 3 rings (SSSR count). The maximum Gasteiger partial charge on any atom is 0.306 e. The number of nitrogens with zero attached hydrogens (tertiary/aromatic N) is 1. The Balaban J connectivity index is 1.53. The third-order valence-electron chi connectivity index (χ3n) is 4.26. The van der Waals surface area contributed by atoms with E-state index in [0.29, 0.717) is 12.2 Å². The molecule has 2 aromatic rings. The molecule has 142 valence electrons. The van der Waals surface area contributed by atoms with Crippen molar-refractivity contribution in [1.29, 1.82) is 0 Å². The number of fused-ring (bicyclic) bond motifs is 1. The van der Waals surface area contributed by atoms with Crippen LogP contribution in [-0.4, -0.2) is 44.9 Å². The lowest BCUT2D eigenvalue weighted by Gasteiger charge is -2.15. The second kappa shape index (κ2) is 7.79. The van der Waals surface area contributed by atoms with Crippen LogP contribution >= 0.6 is 0 Å². The van der Waals surface area contributed by atoms with E-state index in [9.17, 15) is 18.0 Å². The highest BCUT2D eigenvalue weighted by molar-refractivity contribution is 7.90. The second-order valence-corrected chi connectivity index (χ2v) is 7.74.